The number of aryl methyl sites for hydroxylation is 1. The van der Waals surface area contributed by atoms with E-state index in [4.69, 9.17) is 0 Å². The lowest BCUT2D eigenvalue weighted by atomic mass is 10.1. The number of nitrogens with one attached hydrogen (secondary N) is 1. The van der Waals surface area contributed by atoms with Gasteiger partial charge in [-0.2, -0.15) is 4.68 Å². The first-order valence-corrected chi connectivity index (χ1v) is 8.23. The monoisotopic (exact) mass is 368 g/mol. The summed E-state index contributed by atoms with van der Waals surface area (Å²) in [5, 5.41) is 17.5. The highest BCUT2D eigenvalue weighted by Gasteiger charge is 2.15. The number of carbonyl (C=O) groups excluding carboxylic acids is 1. The van der Waals surface area contributed by atoms with Gasteiger partial charge >= 0.3 is 5.82 Å². The zero-order chi connectivity index (χ0) is 19.4. The lowest BCUT2D eigenvalue weighted by molar-refractivity contribution is -0.389. The third kappa shape index (κ3) is 4.55. The number of hydrogen-bond donors (Lipinski definition) is 1. The molecule has 0 unspecified atom stereocenters. The molecule has 1 heterocycles. The van der Waals surface area contributed by atoms with Crippen molar-refractivity contribution >= 4 is 11.7 Å². The van der Waals surface area contributed by atoms with Crippen LogP contribution in [0.2, 0.25) is 0 Å². The average Bonchev–Trinajstić information content (AvgIpc) is 3.02. The molecule has 2 aromatic carbocycles. The molecule has 0 aliphatic rings. The number of nitro groups is 1. The summed E-state index contributed by atoms with van der Waals surface area (Å²) in [5.74, 6) is -0.750. The van der Waals surface area contributed by atoms with E-state index in [9.17, 15) is 19.3 Å². The first kappa shape index (κ1) is 18.2. The van der Waals surface area contributed by atoms with E-state index < -0.39 is 4.92 Å². The second-order valence-corrected chi connectivity index (χ2v) is 6.06. The van der Waals surface area contributed by atoms with Gasteiger partial charge in [-0.3, -0.25) is 4.79 Å². The van der Waals surface area contributed by atoms with Gasteiger partial charge in [-0.05, 0) is 47.2 Å². The van der Waals surface area contributed by atoms with Crippen LogP contribution in [0.3, 0.4) is 0 Å². The zero-order valence-corrected chi connectivity index (χ0v) is 14.6. The number of benzene rings is 2. The van der Waals surface area contributed by atoms with Crippen LogP contribution >= 0.6 is 0 Å². The van der Waals surface area contributed by atoms with Crippen LogP contribution in [0, 0.1) is 22.9 Å². The maximum absolute atomic E-state index is 12.9. The standard InChI is InChI=1S/C19H17FN4O3/c1-13-10-18(24(26)27)22-23(13)12-15-2-6-16(7-3-15)19(25)21-11-14-4-8-17(20)9-5-14/h2-10H,11-12H2,1H3,(H,21,25). The molecule has 1 aromatic heterocycles. The van der Waals surface area contributed by atoms with Crippen molar-refractivity contribution in [2.45, 2.75) is 20.0 Å². The Morgan fingerprint density at radius 1 is 1.15 bits per heavy atom. The van der Waals surface area contributed by atoms with E-state index in [-0.39, 0.29) is 17.5 Å². The fourth-order valence-corrected chi connectivity index (χ4v) is 2.56. The molecule has 0 aliphatic carbocycles. The molecule has 3 aromatic rings. The Morgan fingerprint density at radius 2 is 1.78 bits per heavy atom. The van der Waals surface area contributed by atoms with Crippen molar-refractivity contribution in [3.63, 3.8) is 0 Å². The molecule has 7 nitrogen and oxygen atoms in total. The number of nitrogens with zero attached hydrogens (tertiary/aromatic N) is 3. The van der Waals surface area contributed by atoms with Crippen molar-refractivity contribution in [3.05, 3.63) is 92.9 Å². The number of amides is 1. The molecule has 0 saturated heterocycles. The largest absolute Gasteiger partial charge is 0.390 e. The van der Waals surface area contributed by atoms with Gasteiger partial charge in [0.25, 0.3) is 5.91 Å². The summed E-state index contributed by atoms with van der Waals surface area (Å²) in [7, 11) is 0. The van der Waals surface area contributed by atoms with Crippen molar-refractivity contribution in [2.75, 3.05) is 0 Å². The Labute approximate surface area is 154 Å². The molecule has 1 amide bonds. The van der Waals surface area contributed by atoms with Crippen LogP contribution in [0.5, 0.6) is 0 Å². The third-order valence-corrected chi connectivity index (χ3v) is 4.07. The summed E-state index contributed by atoms with van der Waals surface area (Å²) in [6.45, 7) is 2.42. The SMILES string of the molecule is Cc1cc([N+](=O)[O-])nn1Cc1ccc(C(=O)NCc2ccc(F)cc2)cc1. The van der Waals surface area contributed by atoms with Crippen molar-refractivity contribution < 1.29 is 14.1 Å². The molecular formula is C19H17FN4O3. The predicted octanol–water partition coefficient (Wildman–Crippen LogP) is 3.22. The molecule has 8 heteroatoms. The highest BCUT2D eigenvalue weighted by Crippen LogP contribution is 2.14. The molecular weight excluding hydrogens is 351 g/mol. The number of hydrogen-bond acceptors (Lipinski definition) is 4. The van der Waals surface area contributed by atoms with E-state index in [0.717, 1.165) is 11.1 Å². The van der Waals surface area contributed by atoms with Crippen molar-refractivity contribution in [1.82, 2.24) is 15.1 Å². The van der Waals surface area contributed by atoms with Gasteiger partial charge < -0.3 is 15.4 Å². The minimum atomic E-state index is -0.530. The summed E-state index contributed by atoms with van der Waals surface area (Å²) in [6, 6.07) is 14.3. The van der Waals surface area contributed by atoms with Gasteiger partial charge in [0.05, 0.1) is 23.4 Å². The maximum Gasteiger partial charge on any atom is 0.390 e. The molecule has 0 spiro atoms. The van der Waals surface area contributed by atoms with E-state index in [1.54, 1.807) is 48.0 Å². The summed E-state index contributed by atoms with van der Waals surface area (Å²) >= 11 is 0. The number of carbonyl (C=O) groups is 1. The van der Waals surface area contributed by atoms with Gasteiger partial charge in [0, 0.05) is 12.1 Å². The first-order chi connectivity index (χ1) is 12.9. The molecule has 0 atom stereocenters. The van der Waals surface area contributed by atoms with Gasteiger partial charge in [0.2, 0.25) is 0 Å². The van der Waals surface area contributed by atoms with E-state index in [1.807, 2.05) is 0 Å². The van der Waals surface area contributed by atoms with Crippen LogP contribution in [-0.4, -0.2) is 20.6 Å². The van der Waals surface area contributed by atoms with E-state index >= 15 is 0 Å². The smallest absolute Gasteiger partial charge is 0.358 e. The Bertz CT molecular complexity index is 966. The lowest BCUT2D eigenvalue weighted by Gasteiger charge is -2.07. The Hall–Kier alpha value is -3.55. The van der Waals surface area contributed by atoms with E-state index in [0.29, 0.717) is 24.3 Å². The maximum atomic E-state index is 12.9. The van der Waals surface area contributed by atoms with Gasteiger partial charge in [0.1, 0.15) is 5.82 Å². The van der Waals surface area contributed by atoms with Crippen molar-refractivity contribution in [2.24, 2.45) is 0 Å². The minimum Gasteiger partial charge on any atom is -0.358 e. The number of rotatable bonds is 6. The Kier molecular flexibility index (Phi) is 5.25. The van der Waals surface area contributed by atoms with Crippen LogP contribution in [0.4, 0.5) is 10.2 Å². The molecule has 3 rings (SSSR count). The summed E-state index contributed by atoms with van der Waals surface area (Å²) < 4.78 is 14.4. The summed E-state index contributed by atoms with van der Waals surface area (Å²) in [5.41, 5.74) is 2.84. The summed E-state index contributed by atoms with van der Waals surface area (Å²) in [6.07, 6.45) is 0. The van der Waals surface area contributed by atoms with E-state index in [2.05, 4.69) is 10.4 Å². The van der Waals surface area contributed by atoms with E-state index in [1.165, 1.54) is 18.2 Å². The molecule has 0 radical (unpaired) electrons. The topological polar surface area (TPSA) is 90.1 Å². The normalized spacial score (nSPS) is 10.6. The highest BCUT2D eigenvalue weighted by atomic mass is 19.1. The number of aromatic nitrogens is 2. The van der Waals surface area contributed by atoms with Gasteiger partial charge in [-0.1, -0.05) is 24.3 Å². The Balaban J connectivity index is 1.61. The van der Waals surface area contributed by atoms with Crippen LogP contribution in [-0.2, 0) is 13.1 Å². The average molecular weight is 368 g/mol. The molecule has 1 N–H and O–H groups in total. The second kappa shape index (κ2) is 7.77. The first-order valence-electron chi connectivity index (χ1n) is 8.23. The fraction of sp³-hybridized carbons (Fsp3) is 0.158. The van der Waals surface area contributed by atoms with Gasteiger partial charge in [-0.15, -0.1) is 0 Å². The molecule has 0 bridgehead atoms. The highest BCUT2D eigenvalue weighted by molar-refractivity contribution is 5.94. The molecule has 0 aliphatic heterocycles. The molecule has 138 valence electrons. The fourth-order valence-electron chi connectivity index (χ4n) is 2.56. The quantitative estimate of drug-likeness (QED) is 0.534. The molecule has 0 fully saturated rings. The van der Waals surface area contributed by atoms with Crippen LogP contribution in [0.15, 0.2) is 54.6 Å². The second-order valence-electron chi connectivity index (χ2n) is 6.06. The minimum absolute atomic E-state index is 0.190. The van der Waals surface area contributed by atoms with Crippen molar-refractivity contribution in [3.8, 4) is 0 Å². The molecule has 27 heavy (non-hydrogen) atoms. The van der Waals surface area contributed by atoms with Crippen LogP contribution in [0.25, 0.3) is 0 Å². The molecule has 0 saturated carbocycles. The predicted molar refractivity (Wildman–Crippen MR) is 96.7 cm³/mol. The van der Waals surface area contributed by atoms with Gasteiger partial charge in [0.15, 0.2) is 0 Å². The third-order valence-electron chi connectivity index (χ3n) is 4.07. The summed E-state index contributed by atoms with van der Waals surface area (Å²) in [4.78, 5) is 22.5. The number of halogens is 1. The Morgan fingerprint density at radius 3 is 2.37 bits per heavy atom. The van der Waals surface area contributed by atoms with Crippen LogP contribution in [0.1, 0.15) is 27.2 Å². The lowest BCUT2D eigenvalue weighted by Crippen LogP contribution is -2.22. The van der Waals surface area contributed by atoms with Crippen molar-refractivity contribution in [1.29, 1.82) is 0 Å². The van der Waals surface area contributed by atoms with Crippen LogP contribution < -0.4 is 5.32 Å². The van der Waals surface area contributed by atoms with Gasteiger partial charge in [-0.25, -0.2) is 4.39 Å². The zero-order valence-electron chi connectivity index (χ0n) is 14.6.